The molecule has 1 aromatic carbocycles. The predicted octanol–water partition coefficient (Wildman–Crippen LogP) is 4.19. The largest absolute Gasteiger partial charge is 0.379 e. The zero-order valence-corrected chi connectivity index (χ0v) is 11.0. The summed E-state index contributed by atoms with van der Waals surface area (Å²) in [7, 11) is 0. The molecule has 1 aromatic rings. The van der Waals surface area contributed by atoms with E-state index >= 15 is 0 Å². The van der Waals surface area contributed by atoms with Gasteiger partial charge in [0.2, 0.25) is 0 Å². The van der Waals surface area contributed by atoms with Gasteiger partial charge in [0.05, 0.1) is 6.10 Å². The van der Waals surface area contributed by atoms with E-state index in [1.165, 1.54) is 36.0 Å². The normalized spacial score (nSPS) is 19.9. The second-order valence-electron chi connectivity index (χ2n) is 4.76. The number of ether oxygens (including phenoxy) is 1. The third kappa shape index (κ3) is 4.80. The molecular weight excluding hydrogens is 196 g/mol. The van der Waals surface area contributed by atoms with Crippen LogP contribution in [0.5, 0.6) is 0 Å². The lowest BCUT2D eigenvalue weighted by atomic mass is 10.1. The lowest BCUT2D eigenvalue weighted by Gasteiger charge is -2.17. The molecule has 2 rings (SSSR count). The molecule has 0 spiro atoms. The van der Waals surface area contributed by atoms with Crippen LogP contribution in [-0.2, 0) is 4.74 Å². The molecule has 90 valence electrons. The van der Waals surface area contributed by atoms with Gasteiger partial charge in [0.25, 0.3) is 0 Å². The Labute approximate surface area is 99.8 Å². The second-order valence-corrected chi connectivity index (χ2v) is 4.76. The van der Waals surface area contributed by atoms with Crippen molar-refractivity contribution >= 4 is 0 Å². The van der Waals surface area contributed by atoms with E-state index in [0.29, 0.717) is 6.10 Å². The van der Waals surface area contributed by atoms with Crippen LogP contribution < -0.4 is 0 Å². The number of hydrogen-bond acceptors (Lipinski definition) is 1. The van der Waals surface area contributed by atoms with E-state index in [-0.39, 0.29) is 0 Å². The molecule has 1 aliphatic heterocycles. The van der Waals surface area contributed by atoms with Gasteiger partial charge in [-0.25, -0.2) is 0 Å². The first kappa shape index (κ1) is 13.2. The minimum absolute atomic E-state index is 0.536. The third-order valence-electron chi connectivity index (χ3n) is 3.07. The monoisotopic (exact) mass is 220 g/mol. The number of benzene rings is 1. The zero-order chi connectivity index (χ0) is 12.0. The van der Waals surface area contributed by atoms with Crippen molar-refractivity contribution in [1.29, 1.82) is 0 Å². The van der Waals surface area contributed by atoms with Gasteiger partial charge in [0, 0.05) is 6.61 Å². The van der Waals surface area contributed by atoms with Crippen molar-refractivity contribution in [3.63, 3.8) is 0 Å². The first-order valence-corrected chi connectivity index (χ1v) is 6.25. The SMILES string of the molecule is CC1CCCCO1.Cc1ccc(C)c(C)c1. The Morgan fingerprint density at radius 3 is 2.19 bits per heavy atom. The molecule has 0 bridgehead atoms. The van der Waals surface area contributed by atoms with Crippen LogP contribution in [0.15, 0.2) is 18.2 Å². The summed E-state index contributed by atoms with van der Waals surface area (Å²) in [4.78, 5) is 0. The highest BCUT2D eigenvalue weighted by Crippen LogP contribution is 2.10. The first-order valence-electron chi connectivity index (χ1n) is 6.25. The van der Waals surface area contributed by atoms with Crippen molar-refractivity contribution in [2.75, 3.05) is 6.61 Å². The average molecular weight is 220 g/mol. The molecule has 1 nitrogen and oxygen atoms in total. The minimum atomic E-state index is 0.536. The van der Waals surface area contributed by atoms with E-state index in [1.807, 2.05) is 0 Å². The molecule has 0 saturated carbocycles. The maximum Gasteiger partial charge on any atom is 0.0547 e. The predicted molar refractivity (Wildman–Crippen MR) is 69.9 cm³/mol. The molecule has 1 heterocycles. The van der Waals surface area contributed by atoms with Crippen molar-refractivity contribution in [1.82, 2.24) is 0 Å². The van der Waals surface area contributed by atoms with E-state index in [1.54, 1.807) is 0 Å². The Hall–Kier alpha value is -0.820. The van der Waals surface area contributed by atoms with Gasteiger partial charge in [-0.05, 0) is 58.1 Å². The summed E-state index contributed by atoms with van der Waals surface area (Å²) in [5.41, 5.74) is 4.11. The van der Waals surface area contributed by atoms with Crippen LogP contribution in [0.25, 0.3) is 0 Å². The van der Waals surface area contributed by atoms with Crippen LogP contribution in [0.3, 0.4) is 0 Å². The summed E-state index contributed by atoms with van der Waals surface area (Å²) in [5, 5.41) is 0. The Morgan fingerprint density at radius 2 is 1.81 bits per heavy atom. The molecule has 1 aliphatic rings. The number of rotatable bonds is 0. The van der Waals surface area contributed by atoms with E-state index < -0.39 is 0 Å². The Kier molecular flexibility index (Phi) is 5.54. The van der Waals surface area contributed by atoms with Crippen molar-refractivity contribution in [2.45, 2.75) is 53.1 Å². The van der Waals surface area contributed by atoms with E-state index in [0.717, 1.165) is 6.61 Å². The first-order chi connectivity index (χ1) is 7.59. The van der Waals surface area contributed by atoms with Gasteiger partial charge in [-0.1, -0.05) is 23.8 Å². The molecule has 0 N–H and O–H groups in total. The number of hydrogen-bond donors (Lipinski definition) is 0. The van der Waals surface area contributed by atoms with Gasteiger partial charge in [-0.2, -0.15) is 0 Å². The quantitative estimate of drug-likeness (QED) is 0.637. The third-order valence-corrected chi connectivity index (χ3v) is 3.07. The van der Waals surface area contributed by atoms with E-state index in [9.17, 15) is 0 Å². The van der Waals surface area contributed by atoms with Crippen LogP contribution >= 0.6 is 0 Å². The molecule has 0 aromatic heterocycles. The molecule has 1 atom stereocenters. The smallest absolute Gasteiger partial charge is 0.0547 e. The molecule has 0 aliphatic carbocycles. The van der Waals surface area contributed by atoms with Crippen molar-refractivity contribution in [3.8, 4) is 0 Å². The lowest BCUT2D eigenvalue weighted by molar-refractivity contribution is 0.0285. The standard InChI is InChI=1S/C9H12.C6H12O/c1-7-4-5-8(2)9(3)6-7;1-6-4-2-3-5-7-6/h4-6H,1-3H3;6H,2-5H2,1H3. The highest BCUT2D eigenvalue weighted by Gasteiger charge is 2.05. The molecule has 1 fully saturated rings. The maximum absolute atomic E-state index is 5.28. The van der Waals surface area contributed by atoms with E-state index in [2.05, 4.69) is 45.9 Å². The fraction of sp³-hybridized carbons (Fsp3) is 0.600. The van der Waals surface area contributed by atoms with Gasteiger partial charge >= 0.3 is 0 Å². The molecule has 1 saturated heterocycles. The molecule has 1 unspecified atom stereocenters. The Morgan fingerprint density at radius 1 is 1.06 bits per heavy atom. The van der Waals surface area contributed by atoms with Gasteiger partial charge < -0.3 is 4.74 Å². The van der Waals surface area contributed by atoms with Crippen LogP contribution in [0.2, 0.25) is 0 Å². The summed E-state index contributed by atoms with van der Waals surface area (Å²) in [5.74, 6) is 0. The van der Waals surface area contributed by atoms with Crippen LogP contribution in [-0.4, -0.2) is 12.7 Å². The van der Waals surface area contributed by atoms with Gasteiger partial charge in [-0.15, -0.1) is 0 Å². The molecule has 0 radical (unpaired) electrons. The summed E-state index contributed by atoms with van der Waals surface area (Å²) in [6, 6.07) is 6.50. The maximum atomic E-state index is 5.28. The molecular formula is C15H24O. The lowest BCUT2D eigenvalue weighted by Crippen LogP contribution is -2.14. The van der Waals surface area contributed by atoms with Crippen molar-refractivity contribution in [3.05, 3.63) is 34.9 Å². The van der Waals surface area contributed by atoms with Gasteiger partial charge in [0.15, 0.2) is 0 Å². The molecule has 1 heteroatoms. The second kappa shape index (κ2) is 6.70. The summed E-state index contributed by atoms with van der Waals surface area (Å²) < 4.78 is 5.28. The highest BCUT2D eigenvalue weighted by molar-refractivity contribution is 5.28. The highest BCUT2D eigenvalue weighted by atomic mass is 16.5. The van der Waals surface area contributed by atoms with E-state index in [4.69, 9.17) is 4.74 Å². The number of aryl methyl sites for hydroxylation is 3. The fourth-order valence-corrected chi connectivity index (χ4v) is 1.79. The summed E-state index contributed by atoms with van der Waals surface area (Å²) in [6.45, 7) is 9.52. The Balaban J connectivity index is 0.000000165. The zero-order valence-electron chi connectivity index (χ0n) is 11.0. The fourth-order valence-electron chi connectivity index (χ4n) is 1.79. The average Bonchev–Trinajstić information content (AvgIpc) is 2.26. The van der Waals surface area contributed by atoms with Crippen molar-refractivity contribution in [2.24, 2.45) is 0 Å². The Bertz CT molecular complexity index is 311. The topological polar surface area (TPSA) is 9.23 Å². The van der Waals surface area contributed by atoms with Crippen LogP contribution in [0.4, 0.5) is 0 Å². The van der Waals surface area contributed by atoms with Gasteiger partial charge in [0.1, 0.15) is 0 Å². The summed E-state index contributed by atoms with van der Waals surface area (Å²) in [6.07, 6.45) is 4.43. The van der Waals surface area contributed by atoms with Crippen LogP contribution in [0.1, 0.15) is 42.9 Å². The van der Waals surface area contributed by atoms with Crippen LogP contribution in [0, 0.1) is 20.8 Å². The summed E-state index contributed by atoms with van der Waals surface area (Å²) >= 11 is 0. The molecule has 0 amide bonds. The van der Waals surface area contributed by atoms with Crippen molar-refractivity contribution < 1.29 is 4.74 Å². The molecule has 16 heavy (non-hydrogen) atoms. The minimum Gasteiger partial charge on any atom is -0.379 e. The van der Waals surface area contributed by atoms with Gasteiger partial charge in [-0.3, -0.25) is 0 Å².